The van der Waals surface area contributed by atoms with Gasteiger partial charge >= 0.3 is 6.18 Å². The molecule has 2 rings (SSSR count). The maximum atomic E-state index is 12.3. The summed E-state index contributed by atoms with van der Waals surface area (Å²) in [4.78, 5) is 5.64. The van der Waals surface area contributed by atoms with Gasteiger partial charge < -0.3 is 4.52 Å². The van der Waals surface area contributed by atoms with Crippen molar-refractivity contribution in [2.45, 2.75) is 51.9 Å². The monoisotopic (exact) mass is 302 g/mol. The van der Waals surface area contributed by atoms with E-state index in [2.05, 4.69) is 16.2 Å². The number of hydrogen-bond acceptors (Lipinski definition) is 5. The van der Waals surface area contributed by atoms with Crippen molar-refractivity contribution in [2.75, 3.05) is 6.54 Å². The van der Waals surface area contributed by atoms with Gasteiger partial charge in [0.05, 0.1) is 12.6 Å². The van der Waals surface area contributed by atoms with Crippen molar-refractivity contribution < 1.29 is 17.7 Å². The Hall–Kier alpha value is -1.62. The number of alkyl halides is 3. The van der Waals surface area contributed by atoms with E-state index in [0.717, 1.165) is 12.8 Å². The van der Waals surface area contributed by atoms with Gasteiger partial charge in [-0.1, -0.05) is 19.0 Å². The minimum absolute atomic E-state index is 0.118. The van der Waals surface area contributed by atoms with Crippen molar-refractivity contribution in [3.63, 3.8) is 0 Å². The summed E-state index contributed by atoms with van der Waals surface area (Å²) < 4.78 is 41.6. The van der Waals surface area contributed by atoms with Gasteiger partial charge in [-0.05, 0) is 24.8 Å². The van der Waals surface area contributed by atoms with E-state index in [1.807, 2.05) is 18.7 Å². The topological polar surface area (TPSA) is 66.0 Å². The lowest BCUT2D eigenvalue weighted by Crippen LogP contribution is -2.48. The van der Waals surface area contributed by atoms with Gasteiger partial charge in [0.25, 0.3) is 0 Å². The summed E-state index contributed by atoms with van der Waals surface area (Å²) in [5, 5.41) is 12.7. The van der Waals surface area contributed by atoms with E-state index in [1.54, 1.807) is 0 Å². The Morgan fingerprint density at radius 3 is 2.81 bits per heavy atom. The molecule has 1 aromatic heterocycles. The van der Waals surface area contributed by atoms with E-state index in [9.17, 15) is 18.4 Å². The number of halogens is 3. The first kappa shape index (κ1) is 15.8. The zero-order valence-electron chi connectivity index (χ0n) is 11.9. The van der Waals surface area contributed by atoms with Gasteiger partial charge in [0.15, 0.2) is 5.82 Å². The van der Waals surface area contributed by atoms with Crippen LogP contribution in [-0.2, 0) is 13.0 Å². The number of piperidine rings is 1. The van der Waals surface area contributed by atoms with E-state index < -0.39 is 12.6 Å². The van der Waals surface area contributed by atoms with Crippen LogP contribution in [-0.4, -0.2) is 33.8 Å². The van der Waals surface area contributed by atoms with E-state index in [4.69, 9.17) is 4.52 Å². The molecular weight excluding hydrogens is 285 g/mol. The van der Waals surface area contributed by atoms with Crippen molar-refractivity contribution in [1.82, 2.24) is 15.0 Å². The number of rotatable bonds is 3. The number of nitrogens with zero attached hydrogens (tertiary/aromatic N) is 4. The molecule has 0 aliphatic carbocycles. The largest absolute Gasteiger partial charge is 0.396 e. The van der Waals surface area contributed by atoms with Crippen molar-refractivity contribution >= 4 is 0 Å². The van der Waals surface area contributed by atoms with Crippen LogP contribution in [0.4, 0.5) is 13.2 Å². The summed E-state index contributed by atoms with van der Waals surface area (Å²) in [6, 6.07) is 1.95. The van der Waals surface area contributed by atoms with Gasteiger partial charge in [0.2, 0.25) is 5.89 Å². The molecule has 2 heterocycles. The fourth-order valence-electron chi connectivity index (χ4n) is 2.70. The molecule has 1 saturated heterocycles. The molecule has 0 bridgehead atoms. The van der Waals surface area contributed by atoms with Gasteiger partial charge in [0, 0.05) is 0 Å². The van der Waals surface area contributed by atoms with E-state index in [0.29, 0.717) is 6.54 Å². The van der Waals surface area contributed by atoms with Crippen LogP contribution in [0, 0.1) is 16.7 Å². The van der Waals surface area contributed by atoms with Crippen LogP contribution in [0.1, 0.15) is 38.4 Å². The second kappa shape index (κ2) is 5.64. The zero-order chi connectivity index (χ0) is 15.7. The van der Waals surface area contributed by atoms with Crippen LogP contribution in [0.3, 0.4) is 0 Å². The van der Waals surface area contributed by atoms with Gasteiger partial charge in [0.1, 0.15) is 12.5 Å². The number of nitriles is 1. The Bertz CT molecular complexity index is 532. The van der Waals surface area contributed by atoms with E-state index in [1.165, 1.54) is 0 Å². The Kier molecular flexibility index (Phi) is 4.23. The third-order valence-electron chi connectivity index (χ3n) is 3.70. The first-order valence-corrected chi connectivity index (χ1v) is 6.73. The van der Waals surface area contributed by atoms with Gasteiger partial charge in [-0.3, -0.25) is 4.90 Å². The Morgan fingerprint density at radius 2 is 2.19 bits per heavy atom. The molecule has 8 heteroatoms. The number of aromatic nitrogens is 2. The highest BCUT2D eigenvalue weighted by molar-refractivity contribution is 5.04. The van der Waals surface area contributed by atoms with Crippen molar-refractivity contribution in [2.24, 2.45) is 5.41 Å². The normalized spacial score (nSPS) is 23.0. The van der Waals surface area contributed by atoms with E-state index in [-0.39, 0.29) is 29.7 Å². The maximum Gasteiger partial charge on any atom is 0.396 e. The van der Waals surface area contributed by atoms with Crippen LogP contribution in [0.15, 0.2) is 4.52 Å². The van der Waals surface area contributed by atoms with Crippen LogP contribution in [0.5, 0.6) is 0 Å². The predicted octanol–water partition coefficient (Wildman–Crippen LogP) is 2.69. The highest BCUT2D eigenvalue weighted by atomic mass is 19.4. The highest BCUT2D eigenvalue weighted by Gasteiger charge is 2.38. The minimum Gasteiger partial charge on any atom is -0.338 e. The van der Waals surface area contributed by atoms with Crippen molar-refractivity contribution in [3.05, 3.63) is 11.7 Å². The fourth-order valence-corrected chi connectivity index (χ4v) is 2.70. The lowest BCUT2D eigenvalue weighted by molar-refractivity contribution is -0.128. The van der Waals surface area contributed by atoms with Gasteiger partial charge in [-0.25, -0.2) is 0 Å². The molecule has 1 aliphatic rings. The Balaban J connectivity index is 2.06. The first-order chi connectivity index (χ1) is 9.71. The predicted molar refractivity (Wildman–Crippen MR) is 66.9 cm³/mol. The molecule has 1 unspecified atom stereocenters. The summed E-state index contributed by atoms with van der Waals surface area (Å²) in [5.74, 6) is -0.255. The molecule has 1 aromatic rings. The second-order valence-electron chi connectivity index (χ2n) is 5.99. The van der Waals surface area contributed by atoms with Crippen molar-refractivity contribution in [1.29, 1.82) is 5.26 Å². The molecular formula is C13H17F3N4O. The molecule has 0 radical (unpaired) electrons. The lowest BCUT2D eigenvalue weighted by atomic mass is 9.77. The molecule has 0 amide bonds. The third-order valence-corrected chi connectivity index (χ3v) is 3.70. The average Bonchev–Trinajstić information content (AvgIpc) is 2.73. The molecule has 116 valence electrons. The van der Waals surface area contributed by atoms with Gasteiger partial charge in [-0.15, -0.1) is 0 Å². The maximum absolute atomic E-state index is 12.3. The van der Waals surface area contributed by atoms with Crippen LogP contribution in [0.2, 0.25) is 0 Å². The standard InChI is InChI=1S/C13H17F3N4O/c1-12(2)4-3-5-20(9(12)7-17)8-11-18-10(19-21-11)6-13(14,15)16/h9H,3-6,8H2,1-2H3. The summed E-state index contributed by atoms with van der Waals surface area (Å²) in [6.45, 7) is 4.91. The molecule has 0 N–H and O–H groups in total. The van der Waals surface area contributed by atoms with Gasteiger partial charge in [-0.2, -0.15) is 23.4 Å². The molecule has 21 heavy (non-hydrogen) atoms. The van der Waals surface area contributed by atoms with Crippen molar-refractivity contribution in [3.8, 4) is 6.07 Å². The summed E-state index contributed by atoms with van der Waals surface area (Å²) in [7, 11) is 0. The SMILES string of the molecule is CC1(C)CCCN(Cc2nc(CC(F)(F)F)no2)C1C#N. The molecule has 1 fully saturated rings. The smallest absolute Gasteiger partial charge is 0.338 e. The lowest BCUT2D eigenvalue weighted by Gasteiger charge is -2.42. The Labute approximate surface area is 120 Å². The molecule has 0 aromatic carbocycles. The molecule has 0 spiro atoms. The van der Waals surface area contributed by atoms with Crippen LogP contribution < -0.4 is 0 Å². The molecule has 5 nitrogen and oxygen atoms in total. The highest BCUT2D eigenvalue weighted by Crippen LogP contribution is 2.35. The molecule has 1 aliphatic heterocycles. The number of hydrogen-bond donors (Lipinski definition) is 0. The summed E-state index contributed by atoms with van der Waals surface area (Å²) >= 11 is 0. The minimum atomic E-state index is -4.36. The summed E-state index contributed by atoms with van der Waals surface area (Å²) in [6.07, 6.45) is -3.70. The van der Waals surface area contributed by atoms with Crippen LogP contribution >= 0.6 is 0 Å². The quantitative estimate of drug-likeness (QED) is 0.859. The summed E-state index contributed by atoms with van der Waals surface area (Å²) in [5.41, 5.74) is -0.165. The molecule has 1 atom stereocenters. The average molecular weight is 302 g/mol. The second-order valence-corrected chi connectivity index (χ2v) is 5.99. The molecule has 0 saturated carbocycles. The third kappa shape index (κ3) is 3.94. The zero-order valence-corrected chi connectivity index (χ0v) is 11.9. The van der Waals surface area contributed by atoms with E-state index >= 15 is 0 Å². The first-order valence-electron chi connectivity index (χ1n) is 6.73. The Morgan fingerprint density at radius 1 is 1.48 bits per heavy atom. The fraction of sp³-hybridized carbons (Fsp3) is 0.769. The van der Waals surface area contributed by atoms with Crippen LogP contribution in [0.25, 0.3) is 0 Å². The number of likely N-dealkylation sites (tertiary alicyclic amines) is 1.